The highest BCUT2D eigenvalue weighted by atomic mass is 79.9. The first-order valence-corrected chi connectivity index (χ1v) is 8.55. The van der Waals surface area contributed by atoms with E-state index in [1.54, 1.807) is 0 Å². The lowest BCUT2D eigenvalue weighted by molar-refractivity contribution is -0.932. The van der Waals surface area contributed by atoms with E-state index in [9.17, 15) is 5.11 Å². The molecule has 1 N–H and O–H groups in total. The molecule has 3 rings (SSSR count). The molecule has 2 aromatic carbocycles. The summed E-state index contributed by atoms with van der Waals surface area (Å²) in [6, 6.07) is 14.1. The molecule has 0 saturated carbocycles. The van der Waals surface area contributed by atoms with Gasteiger partial charge in [-0.1, -0.05) is 43.0 Å². The van der Waals surface area contributed by atoms with Crippen LogP contribution in [-0.4, -0.2) is 61.7 Å². The first-order chi connectivity index (χ1) is 11.7. The molecule has 136 valence electrons. The molecule has 1 unspecified atom stereocenters. The number of halogens is 1. The standard InChI is InChI=1S/C20H26NO3.BrH/c1-2-10-21(11-13-23-14-12-21)15-18(22)16-24-20-9-5-7-17-6-3-4-8-19(17)20;/h2-9,18,22H,1,10-16H2;1H/q+1;/p-1. The zero-order valence-corrected chi connectivity index (χ0v) is 16.0. The number of aliphatic hydroxyl groups excluding tert-OH is 1. The summed E-state index contributed by atoms with van der Waals surface area (Å²) in [6.07, 6.45) is 1.42. The molecule has 0 radical (unpaired) electrons. The van der Waals surface area contributed by atoms with E-state index in [1.807, 2.05) is 36.4 Å². The lowest BCUT2D eigenvalue weighted by atomic mass is 10.1. The Hall–Kier alpha value is -1.40. The Bertz CT molecular complexity index is 680. The van der Waals surface area contributed by atoms with Gasteiger partial charge in [0.25, 0.3) is 0 Å². The molecule has 2 aromatic rings. The highest BCUT2D eigenvalue weighted by molar-refractivity contribution is 5.88. The zero-order valence-electron chi connectivity index (χ0n) is 14.4. The Balaban J connectivity index is 0.00000225. The number of nitrogens with zero attached hydrogens (tertiary/aromatic N) is 1. The summed E-state index contributed by atoms with van der Waals surface area (Å²) >= 11 is 0. The first-order valence-electron chi connectivity index (χ1n) is 8.55. The molecule has 1 saturated heterocycles. The second-order valence-corrected chi connectivity index (χ2v) is 6.50. The van der Waals surface area contributed by atoms with Crippen molar-refractivity contribution in [3.63, 3.8) is 0 Å². The molecule has 1 heterocycles. The van der Waals surface area contributed by atoms with Gasteiger partial charge in [0.05, 0.1) is 19.8 Å². The molecule has 0 bridgehead atoms. The Labute approximate surface area is 160 Å². The van der Waals surface area contributed by atoms with Crippen LogP contribution >= 0.6 is 0 Å². The first kappa shape index (κ1) is 19.9. The number of ether oxygens (including phenoxy) is 2. The molecule has 4 nitrogen and oxygen atoms in total. The minimum Gasteiger partial charge on any atom is -1.00 e. The number of fused-ring (bicyclic) bond motifs is 1. The van der Waals surface area contributed by atoms with Gasteiger partial charge in [-0.05, 0) is 17.5 Å². The molecular formula is C20H26BrNO3. The van der Waals surface area contributed by atoms with Crippen LogP contribution < -0.4 is 21.7 Å². The van der Waals surface area contributed by atoms with Gasteiger partial charge in [-0.2, -0.15) is 0 Å². The summed E-state index contributed by atoms with van der Waals surface area (Å²) in [7, 11) is 0. The number of hydrogen-bond acceptors (Lipinski definition) is 3. The predicted octanol–water partition coefficient (Wildman–Crippen LogP) is -0.383. The second kappa shape index (κ2) is 9.34. The van der Waals surface area contributed by atoms with E-state index < -0.39 is 6.10 Å². The normalized spacial score (nSPS) is 17.5. The van der Waals surface area contributed by atoms with Crippen molar-refractivity contribution in [2.24, 2.45) is 0 Å². The van der Waals surface area contributed by atoms with Crippen LogP contribution in [0.25, 0.3) is 10.8 Å². The van der Waals surface area contributed by atoms with Crippen molar-refractivity contribution in [2.45, 2.75) is 6.10 Å². The summed E-state index contributed by atoms with van der Waals surface area (Å²) in [5.74, 6) is 0.824. The topological polar surface area (TPSA) is 38.7 Å². The lowest BCUT2D eigenvalue weighted by Crippen LogP contribution is -3.00. The highest BCUT2D eigenvalue weighted by Crippen LogP contribution is 2.25. The van der Waals surface area contributed by atoms with Gasteiger partial charge >= 0.3 is 0 Å². The summed E-state index contributed by atoms with van der Waals surface area (Å²) < 4.78 is 12.2. The molecule has 0 aromatic heterocycles. The van der Waals surface area contributed by atoms with Gasteiger partial charge in [-0.15, -0.1) is 0 Å². The summed E-state index contributed by atoms with van der Waals surface area (Å²) in [5, 5.41) is 12.7. The average Bonchev–Trinajstić information content (AvgIpc) is 2.61. The molecule has 1 atom stereocenters. The van der Waals surface area contributed by atoms with Crippen molar-refractivity contribution in [1.82, 2.24) is 0 Å². The number of aliphatic hydroxyl groups is 1. The predicted molar refractivity (Wildman–Crippen MR) is 96.2 cm³/mol. The summed E-state index contributed by atoms with van der Waals surface area (Å²) in [5.41, 5.74) is 0. The third kappa shape index (κ3) is 5.05. The van der Waals surface area contributed by atoms with E-state index in [0.29, 0.717) is 13.2 Å². The lowest BCUT2D eigenvalue weighted by Gasteiger charge is -2.41. The zero-order chi connectivity index (χ0) is 16.8. The van der Waals surface area contributed by atoms with Crippen LogP contribution in [0.3, 0.4) is 0 Å². The average molecular weight is 408 g/mol. The number of hydrogen-bond donors (Lipinski definition) is 1. The van der Waals surface area contributed by atoms with Gasteiger partial charge < -0.3 is 36.0 Å². The molecule has 1 aliphatic heterocycles. The quantitative estimate of drug-likeness (QED) is 0.502. The van der Waals surface area contributed by atoms with Crippen LogP contribution in [-0.2, 0) is 4.74 Å². The molecule has 0 spiro atoms. The number of quaternary nitrogens is 1. The van der Waals surface area contributed by atoms with E-state index >= 15 is 0 Å². The monoisotopic (exact) mass is 407 g/mol. The van der Waals surface area contributed by atoms with Crippen LogP contribution in [0.15, 0.2) is 55.1 Å². The minimum absolute atomic E-state index is 0. The fraction of sp³-hybridized carbons (Fsp3) is 0.400. The second-order valence-electron chi connectivity index (χ2n) is 6.50. The van der Waals surface area contributed by atoms with Crippen LogP contribution in [0.1, 0.15) is 0 Å². The number of morpholine rings is 1. The van der Waals surface area contributed by atoms with E-state index in [0.717, 1.165) is 53.9 Å². The molecule has 0 aliphatic carbocycles. The minimum atomic E-state index is -0.512. The van der Waals surface area contributed by atoms with Gasteiger partial charge in [0.15, 0.2) is 0 Å². The smallest absolute Gasteiger partial charge is 0.137 e. The maximum Gasteiger partial charge on any atom is 0.137 e. The largest absolute Gasteiger partial charge is 1.00 e. The Morgan fingerprint density at radius 3 is 2.64 bits per heavy atom. The van der Waals surface area contributed by atoms with Gasteiger partial charge in [-0.3, -0.25) is 0 Å². The van der Waals surface area contributed by atoms with Crippen LogP contribution in [0.5, 0.6) is 5.75 Å². The number of rotatable bonds is 7. The SMILES string of the molecule is C=CC[N+]1(CC(O)COc2cccc3ccccc23)CCOCC1.[Br-]. The van der Waals surface area contributed by atoms with E-state index in [1.165, 1.54) is 0 Å². The Kier molecular flexibility index (Phi) is 7.44. The van der Waals surface area contributed by atoms with Crippen molar-refractivity contribution in [3.05, 3.63) is 55.1 Å². The molecule has 5 heteroatoms. The van der Waals surface area contributed by atoms with Gasteiger partial charge in [0.1, 0.15) is 38.1 Å². The highest BCUT2D eigenvalue weighted by Gasteiger charge is 2.32. The van der Waals surface area contributed by atoms with Crippen molar-refractivity contribution >= 4 is 10.8 Å². The van der Waals surface area contributed by atoms with Gasteiger partial charge in [0.2, 0.25) is 0 Å². The van der Waals surface area contributed by atoms with Gasteiger partial charge in [-0.25, -0.2) is 0 Å². The van der Waals surface area contributed by atoms with Crippen LogP contribution in [0.2, 0.25) is 0 Å². The van der Waals surface area contributed by atoms with E-state index in [2.05, 4.69) is 18.7 Å². The number of benzene rings is 2. The molecule has 1 aliphatic rings. The van der Waals surface area contributed by atoms with Gasteiger partial charge in [0, 0.05) is 5.39 Å². The summed E-state index contributed by atoms with van der Waals surface area (Å²) in [4.78, 5) is 0. The fourth-order valence-electron chi connectivity index (χ4n) is 3.45. The fourth-order valence-corrected chi connectivity index (χ4v) is 3.45. The van der Waals surface area contributed by atoms with Crippen LogP contribution in [0, 0.1) is 0 Å². The maximum atomic E-state index is 10.5. The Morgan fingerprint density at radius 1 is 1.16 bits per heavy atom. The van der Waals surface area contributed by atoms with Crippen molar-refractivity contribution in [3.8, 4) is 5.75 Å². The third-order valence-corrected chi connectivity index (χ3v) is 4.72. The molecular weight excluding hydrogens is 382 g/mol. The van der Waals surface area contributed by atoms with Crippen LogP contribution in [0.4, 0.5) is 0 Å². The van der Waals surface area contributed by atoms with Crippen molar-refractivity contribution in [2.75, 3.05) is 46.0 Å². The maximum absolute atomic E-state index is 10.5. The van der Waals surface area contributed by atoms with E-state index in [4.69, 9.17) is 9.47 Å². The van der Waals surface area contributed by atoms with Crippen molar-refractivity contribution in [1.29, 1.82) is 0 Å². The van der Waals surface area contributed by atoms with Crippen molar-refractivity contribution < 1.29 is 36.0 Å². The molecule has 25 heavy (non-hydrogen) atoms. The Morgan fingerprint density at radius 2 is 1.88 bits per heavy atom. The molecule has 1 fully saturated rings. The van der Waals surface area contributed by atoms with E-state index in [-0.39, 0.29) is 17.0 Å². The molecule has 0 amide bonds. The summed E-state index contributed by atoms with van der Waals surface area (Å²) in [6.45, 7) is 9.00. The third-order valence-electron chi connectivity index (χ3n) is 4.72.